The molecule has 10 heteroatoms. The predicted molar refractivity (Wildman–Crippen MR) is 105 cm³/mol. The maximum Gasteiger partial charge on any atom is 0.271 e. The van der Waals surface area contributed by atoms with Crippen molar-refractivity contribution in [2.24, 2.45) is 0 Å². The summed E-state index contributed by atoms with van der Waals surface area (Å²) in [5.74, 6) is -0.573. The second kappa shape index (κ2) is 8.36. The van der Waals surface area contributed by atoms with E-state index >= 15 is 0 Å². The Bertz CT molecular complexity index is 965. The first kappa shape index (κ1) is 20.7. The van der Waals surface area contributed by atoms with Crippen molar-refractivity contribution >= 4 is 44.6 Å². The van der Waals surface area contributed by atoms with E-state index in [1.165, 1.54) is 24.3 Å². The lowest BCUT2D eigenvalue weighted by Gasteiger charge is -2.30. The number of nitro groups is 1. The molecule has 0 saturated heterocycles. The molecule has 0 radical (unpaired) electrons. The summed E-state index contributed by atoms with van der Waals surface area (Å²) in [5.41, 5.74) is 0.185. The van der Waals surface area contributed by atoms with Gasteiger partial charge in [-0.05, 0) is 30.7 Å². The predicted octanol–water partition coefficient (Wildman–Crippen LogP) is 3.43. The van der Waals surface area contributed by atoms with E-state index in [1.807, 2.05) is 0 Å². The largest absolute Gasteiger partial charge is 0.324 e. The summed E-state index contributed by atoms with van der Waals surface area (Å²) in [6, 6.07) is 10.5. The number of nitrogens with one attached hydrogen (secondary N) is 1. The van der Waals surface area contributed by atoms with Gasteiger partial charge in [0.15, 0.2) is 0 Å². The van der Waals surface area contributed by atoms with Gasteiger partial charge in [-0.25, -0.2) is 8.42 Å². The number of sulfonamides is 1. The fraction of sp³-hybridized carbons (Fsp3) is 0.235. The molecule has 0 fully saturated rings. The fourth-order valence-corrected chi connectivity index (χ4v) is 3.99. The second-order valence-corrected chi connectivity index (χ2v) is 8.06. The van der Waals surface area contributed by atoms with Gasteiger partial charge in [0.05, 0.1) is 16.9 Å². The minimum atomic E-state index is -3.89. The lowest BCUT2D eigenvalue weighted by atomic mass is 10.1. The molecule has 0 aliphatic rings. The van der Waals surface area contributed by atoms with E-state index in [0.717, 1.165) is 16.6 Å². The lowest BCUT2D eigenvalue weighted by Crippen LogP contribution is -2.47. The number of hydrogen-bond acceptors (Lipinski definition) is 5. The van der Waals surface area contributed by atoms with E-state index in [-0.39, 0.29) is 17.8 Å². The van der Waals surface area contributed by atoms with Gasteiger partial charge >= 0.3 is 0 Å². The quantitative estimate of drug-likeness (QED) is 0.554. The smallest absolute Gasteiger partial charge is 0.271 e. The SMILES string of the molecule is CCC(C(=O)Nc1cccc(Cl)c1)N(c1cccc([N+](=O)[O-])c1)S(C)(=O)=O. The normalized spacial score (nSPS) is 12.3. The molecule has 0 aromatic heterocycles. The van der Waals surface area contributed by atoms with Gasteiger partial charge in [-0.3, -0.25) is 19.2 Å². The first-order chi connectivity index (χ1) is 12.6. The number of amides is 1. The van der Waals surface area contributed by atoms with E-state index in [2.05, 4.69) is 5.32 Å². The third-order valence-corrected chi connectivity index (χ3v) is 5.13. The number of rotatable bonds is 7. The van der Waals surface area contributed by atoms with Gasteiger partial charge in [-0.2, -0.15) is 0 Å². The van der Waals surface area contributed by atoms with Gasteiger partial charge in [-0.15, -0.1) is 0 Å². The van der Waals surface area contributed by atoms with Crippen LogP contribution in [0.4, 0.5) is 17.1 Å². The molecule has 2 rings (SSSR count). The molecule has 2 aromatic rings. The van der Waals surface area contributed by atoms with Crippen molar-refractivity contribution in [2.75, 3.05) is 15.9 Å². The Morgan fingerprint density at radius 3 is 2.48 bits per heavy atom. The number of halogens is 1. The van der Waals surface area contributed by atoms with Crippen molar-refractivity contribution in [3.05, 3.63) is 63.7 Å². The molecule has 1 amide bonds. The highest BCUT2D eigenvalue weighted by atomic mass is 35.5. The van der Waals surface area contributed by atoms with Crippen LogP contribution in [0, 0.1) is 10.1 Å². The molecule has 0 aliphatic heterocycles. The first-order valence-electron chi connectivity index (χ1n) is 7.93. The maximum atomic E-state index is 12.7. The third kappa shape index (κ3) is 5.18. The van der Waals surface area contributed by atoms with Gasteiger partial charge < -0.3 is 5.32 Å². The minimum Gasteiger partial charge on any atom is -0.324 e. The zero-order chi connectivity index (χ0) is 20.2. The molecule has 1 N–H and O–H groups in total. The number of anilines is 2. The van der Waals surface area contributed by atoms with Gasteiger partial charge in [0, 0.05) is 22.8 Å². The molecule has 2 aromatic carbocycles. The van der Waals surface area contributed by atoms with Crippen molar-refractivity contribution in [1.29, 1.82) is 0 Å². The van der Waals surface area contributed by atoms with E-state index in [9.17, 15) is 23.3 Å². The summed E-state index contributed by atoms with van der Waals surface area (Å²) < 4.78 is 25.6. The number of hydrogen-bond donors (Lipinski definition) is 1. The zero-order valence-electron chi connectivity index (χ0n) is 14.6. The summed E-state index contributed by atoms with van der Waals surface area (Å²) in [5, 5.41) is 14.1. The molecule has 0 heterocycles. The van der Waals surface area contributed by atoms with Crippen LogP contribution in [-0.2, 0) is 14.8 Å². The Morgan fingerprint density at radius 2 is 1.93 bits per heavy atom. The molecule has 0 bridgehead atoms. The summed E-state index contributed by atoms with van der Waals surface area (Å²) in [6.07, 6.45) is 1.10. The Morgan fingerprint density at radius 1 is 1.26 bits per heavy atom. The van der Waals surface area contributed by atoms with Crippen LogP contribution in [-0.4, -0.2) is 31.5 Å². The van der Waals surface area contributed by atoms with E-state index in [0.29, 0.717) is 10.7 Å². The number of benzene rings is 2. The summed E-state index contributed by atoms with van der Waals surface area (Å²) in [4.78, 5) is 23.1. The van der Waals surface area contributed by atoms with Crippen molar-refractivity contribution in [3.63, 3.8) is 0 Å². The van der Waals surface area contributed by atoms with Gasteiger partial charge in [0.25, 0.3) is 5.69 Å². The van der Waals surface area contributed by atoms with Crippen LogP contribution in [0.1, 0.15) is 13.3 Å². The molecule has 0 aliphatic carbocycles. The monoisotopic (exact) mass is 411 g/mol. The van der Waals surface area contributed by atoms with Crippen molar-refractivity contribution in [3.8, 4) is 0 Å². The van der Waals surface area contributed by atoms with E-state index < -0.39 is 26.9 Å². The lowest BCUT2D eigenvalue weighted by molar-refractivity contribution is -0.384. The van der Waals surface area contributed by atoms with Gasteiger partial charge in [0.2, 0.25) is 15.9 Å². The number of nitrogens with zero attached hydrogens (tertiary/aromatic N) is 2. The van der Waals surface area contributed by atoms with Crippen LogP contribution in [0.2, 0.25) is 5.02 Å². The summed E-state index contributed by atoms with van der Waals surface area (Å²) in [6.45, 7) is 1.65. The first-order valence-corrected chi connectivity index (χ1v) is 10.2. The van der Waals surface area contributed by atoms with Crippen LogP contribution in [0.3, 0.4) is 0 Å². The van der Waals surface area contributed by atoms with Crippen molar-refractivity contribution < 1.29 is 18.1 Å². The average molecular weight is 412 g/mol. The molecular weight excluding hydrogens is 394 g/mol. The van der Waals surface area contributed by atoms with Crippen LogP contribution < -0.4 is 9.62 Å². The number of non-ortho nitro benzene ring substituents is 1. The Labute approximate surface area is 162 Å². The Kier molecular flexibility index (Phi) is 6.40. The van der Waals surface area contributed by atoms with Gasteiger partial charge in [0.1, 0.15) is 6.04 Å². The van der Waals surface area contributed by atoms with Crippen LogP contribution in [0.5, 0.6) is 0 Å². The Hall–Kier alpha value is -2.65. The molecule has 8 nitrogen and oxygen atoms in total. The van der Waals surface area contributed by atoms with Gasteiger partial charge in [-0.1, -0.05) is 30.7 Å². The highest BCUT2D eigenvalue weighted by Crippen LogP contribution is 2.27. The molecule has 1 unspecified atom stereocenters. The van der Waals surface area contributed by atoms with Crippen LogP contribution >= 0.6 is 11.6 Å². The molecular formula is C17H18ClN3O5S. The van der Waals surface area contributed by atoms with E-state index in [1.54, 1.807) is 25.1 Å². The van der Waals surface area contributed by atoms with E-state index in [4.69, 9.17) is 11.6 Å². The molecule has 0 spiro atoms. The molecule has 144 valence electrons. The summed E-state index contributed by atoms with van der Waals surface area (Å²) >= 11 is 5.90. The third-order valence-electron chi connectivity index (χ3n) is 3.72. The summed E-state index contributed by atoms with van der Waals surface area (Å²) in [7, 11) is -3.89. The number of carbonyl (C=O) groups excluding carboxylic acids is 1. The minimum absolute atomic E-state index is 0.0415. The number of carbonyl (C=O) groups is 1. The second-order valence-electron chi connectivity index (χ2n) is 5.76. The molecule has 0 saturated carbocycles. The zero-order valence-corrected chi connectivity index (χ0v) is 16.2. The highest BCUT2D eigenvalue weighted by molar-refractivity contribution is 7.92. The standard InChI is InChI=1S/C17H18ClN3O5S/c1-3-16(17(22)19-13-7-4-6-12(18)10-13)20(27(2,25)26)14-8-5-9-15(11-14)21(23)24/h4-11,16H,3H2,1-2H3,(H,19,22). The molecule has 27 heavy (non-hydrogen) atoms. The Balaban J connectivity index is 2.43. The average Bonchev–Trinajstić information content (AvgIpc) is 2.58. The fourth-order valence-electron chi connectivity index (χ4n) is 2.60. The maximum absolute atomic E-state index is 12.7. The topological polar surface area (TPSA) is 110 Å². The van der Waals surface area contributed by atoms with Crippen LogP contribution in [0.15, 0.2) is 48.5 Å². The van der Waals surface area contributed by atoms with Crippen molar-refractivity contribution in [1.82, 2.24) is 0 Å². The van der Waals surface area contributed by atoms with Crippen LogP contribution in [0.25, 0.3) is 0 Å². The van der Waals surface area contributed by atoms with Crippen molar-refractivity contribution in [2.45, 2.75) is 19.4 Å². The molecule has 1 atom stereocenters. The highest BCUT2D eigenvalue weighted by Gasteiger charge is 2.32. The number of nitro benzene ring substituents is 1.